The second-order valence-corrected chi connectivity index (χ2v) is 8.57. The van der Waals surface area contributed by atoms with Gasteiger partial charge in [0.1, 0.15) is 11.4 Å². The van der Waals surface area contributed by atoms with E-state index < -0.39 is 6.09 Å². The Morgan fingerprint density at radius 1 is 1.30 bits per heavy atom. The molecule has 9 heteroatoms. The first kappa shape index (κ1) is 20.9. The molecule has 0 unspecified atom stereocenters. The van der Waals surface area contributed by atoms with Crippen LogP contribution in [-0.4, -0.2) is 59.0 Å². The molecular weight excluding hydrogens is 408 g/mol. The molecule has 2 heterocycles. The number of hydrogen-bond acceptors (Lipinski definition) is 7. The van der Waals surface area contributed by atoms with Gasteiger partial charge in [-0.1, -0.05) is 28.9 Å². The lowest BCUT2D eigenvalue weighted by Crippen LogP contribution is -2.42. The Morgan fingerprint density at radius 3 is 2.77 bits per heavy atom. The molecule has 1 saturated carbocycles. The van der Waals surface area contributed by atoms with Crippen molar-refractivity contribution >= 4 is 17.7 Å². The van der Waals surface area contributed by atoms with E-state index in [9.17, 15) is 4.79 Å². The van der Waals surface area contributed by atoms with E-state index in [1.54, 1.807) is 18.9 Å². The molecule has 0 spiro atoms. The highest BCUT2D eigenvalue weighted by molar-refractivity contribution is 6.32. The number of rotatable bonds is 7. The standard InChI is InChI=1S/C21H27ClN4O4/c1-14-20(24-30-23-14)29-21(27)25(2)12-15-10-17(11-15)28-18-7-5-6-16(19(18)22)13-26-8-3-4-9-26/h5-7,15,17H,3-4,8-13H2,1-2H3. The van der Waals surface area contributed by atoms with Crippen LogP contribution in [0.5, 0.6) is 11.6 Å². The van der Waals surface area contributed by atoms with Gasteiger partial charge in [-0.25, -0.2) is 9.42 Å². The number of nitrogens with zero attached hydrogens (tertiary/aromatic N) is 4. The molecule has 1 aliphatic heterocycles. The summed E-state index contributed by atoms with van der Waals surface area (Å²) in [5.41, 5.74) is 1.56. The molecule has 162 valence electrons. The lowest BCUT2D eigenvalue weighted by Gasteiger charge is -2.37. The van der Waals surface area contributed by atoms with E-state index in [1.807, 2.05) is 12.1 Å². The van der Waals surface area contributed by atoms with Gasteiger partial charge in [0, 0.05) is 20.1 Å². The third-order valence-electron chi connectivity index (χ3n) is 5.76. The van der Waals surface area contributed by atoms with E-state index >= 15 is 0 Å². The summed E-state index contributed by atoms with van der Waals surface area (Å²) in [5, 5.41) is 7.88. The highest BCUT2D eigenvalue weighted by Crippen LogP contribution is 2.36. The molecule has 0 bridgehead atoms. The summed E-state index contributed by atoms with van der Waals surface area (Å²) >= 11 is 6.62. The van der Waals surface area contributed by atoms with Crippen molar-refractivity contribution in [3.05, 3.63) is 34.5 Å². The maximum atomic E-state index is 12.2. The number of carbonyl (C=O) groups excluding carboxylic acids is 1. The van der Waals surface area contributed by atoms with Crippen LogP contribution in [-0.2, 0) is 6.54 Å². The van der Waals surface area contributed by atoms with Gasteiger partial charge in [-0.05, 0) is 68.4 Å². The Kier molecular flexibility index (Phi) is 6.43. The molecule has 1 saturated heterocycles. The van der Waals surface area contributed by atoms with Crippen LogP contribution in [0.4, 0.5) is 4.79 Å². The first-order valence-corrected chi connectivity index (χ1v) is 10.8. The van der Waals surface area contributed by atoms with E-state index in [2.05, 4.69) is 25.9 Å². The van der Waals surface area contributed by atoms with Gasteiger partial charge in [0.05, 0.1) is 11.1 Å². The maximum Gasteiger partial charge on any atom is 0.416 e. The fraction of sp³-hybridized carbons (Fsp3) is 0.571. The summed E-state index contributed by atoms with van der Waals surface area (Å²) in [6.45, 7) is 5.39. The smallest absolute Gasteiger partial charge is 0.416 e. The Hall–Kier alpha value is -2.32. The molecule has 2 aromatic rings. The van der Waals surface area contributed by atoms with Crippen molar-refractivity contribution < 1.29 is 18.9 Å². The Balaban J connectivity index is 1.24. The first-order valence-electron chi connectivity index (χ1n) is 10.4. The zero-order chi connectivity index (χ0) is 21.1. The maximum absolute atomic E-state index is 12.2. The minimum atomic E-state index is -0.476. The lowest BCUT2D eigenvalue weighted by molar-refractivity contribution is 0.0481. The summed E-state index contributed by atoms with van der Waals surface area (Å²) in [6.07, 6.45) is 3.89. The normalized spacial score (nSPS) is 21.3. The SMILES string of the molecule is Cc1nonc1OC(=O)N(C)CC1CC(Oc2cccc(CN3CCCC3)c2Cl)C1. The average Bonchev–Trinajstić information content (AvgIpc) is 3.35. The molecule has 1 aliphatic carbocycles. The van der Waals surface area contributed by atoms with Gasteiger partial charge in [-0.15, -0.1) is 0 Å². The summed E-state index contributed by atoms with van der Waals surface area (Å²) < 4.78 is 15.9. The van der Waals surface area contributed by atoms with Gasteiger partial charge in [-0.3, -0.25) is 4.90 Å². The summed E-state index contributed by atoms with van der Waals surface area (Å²) in [6, 6.07) is 6.01. The molecule has 0 radical (unpaired) electrons. The molecule has 2 fully saturated rings. The van der Waals surface area contributed by atoms with Crippen molar-refractivity contribution in [3.63, 3.8) is 0 Å². The van der Waals surface area contributed by atoms with Gasteiger partial charge in [0.25, 0.3) is 5.88 Å². The molecule has 8 nitrogen and oxygen atoms in total. The third kappa shape index (κ3) is 4.87. The minimum absolute atomic E-state index is 0.102. The number of aryl methyl sites for hydroxylation is 1. The predicted molar refractivity (Wildman–Crippen MR) is 111 cm³/mol. The van der Waals surface area contributed by atoms with E-state index in [4.69, 9.17) is 21.1 Å². The van der Waals surface area contributed by atoms with Gasteiger partial charge in [0.2, 0.25) is 0 Å². The Bertz CT molecular complexity index is 878. The molecular formula is C21H27ClN4O4. The molecule has 30 heavy (non-hydrogen) atoms. The minimum Gasteiger partial charge on any atom is -0.489 e. The van der Waals surface area contributed by atoms with Crippen molar-refractivity contribution in [2.45, 2.75) is 45.3 Å². The van der Waals surface area contributed by atoms with Crippen molar-refractivity contribution in [2.24, 2.45) is 5.92 Å². The molecule has 4 rings (SSSR count). The van der Waals surface area contributed by atoms with Gasteiger partial charge in [-0.2, -0.15) is 0 Å². The Labute approximate surface area is 181 Å². The number of hydrogen-bond donors (Lipinski definition) is 0. The highest BCUT2D eigenvalue weighted by Gasteiger charge is 2.33. The number of carbonyl (C=O) groups is 1. The molecule has 0 atom stereocenters. The van der Waals surface area contributed by atoms with Crippen LogP contribution in [0.1, 0.15) is 36.9 Å². The van der Waals surface area contributed by atoms with Crippen LogP contribution in [0.25, 0.3) is 0 Å². The average molecular weight is 435 g/mol. The molecule has 1 aromatic carbocycles. The van der Waals surface area contributed by atoms with Crippen molar-refractivity contribution in [3.8, 4) is 11.6 Å². The summed E-state index contributed by atoms with van der Waals surface area (Å²) in [7, 11) is 1.71. The molecule has 1 amide bonds. The monoisotopic (exact) mass is 434 g/mol. The molecule has 1 aromatic heterocycles. The largest absolute Gasteiger partial charge is 0.489 e. The van der Waals surface area contributed by atoms with Crippen LogP contribution >= 0.6 is 11.6 Å². The molecule has 0 N–H and O–H groups in total. The summed E-state index contributed by atoms with van der Waals surface area (Å²) in [5.74, 6) is 1.21. The second-order valence-electron chi connectivity index (χ2n) is 8.19. The highest BCUT2D eigenvalue weighted by atomic mass is 35.5. The van der Waals surface area contributed by atoms with Gasteiger partial charge in [0.15, 0.2) is 0 Å². The number of benzene rings is 1. The van der Waals surface area contributed by atoms with Crippen LogP contribution in [0.15, 0.2) is 22.8 Å². The quantitative estimate of drug-likeness (QED) is 0.653. The second kappa shape index (κ2) is 9.22. The number of aromatic nitrogens is 2. The number of halogens is 1. The zero-order valence-corrected chi connectivity index (χ0v) is 18.1. The fourth-order valence-corrected chi connectivity index (χ4v) is 4.22. The third-order valence-corrected chi connectivity index (χ3v) is 6.19. The number of ether oxygens (including phenoxy) is 2. The number of likely N-dealkylation sites (tertiary alicyclic amines) is 1. The lowest BCUT2D eigenvalue weighted by atomic mass is 9.82. The predicted octanol–water partition coefficient (Wildman–Crippen LogP) is 3.92. The Morgan fingerprint density at radius 2 is 2.07 bits per heavy atom. The van der Waals surface area contributed by atoms with Gasteiger partial charge >= 0.3 is 6.09 Å². The summed E-state index contributed by atoms with van der Waals surface area (Å²) in [4.78, 5) is 16.1. The first-order chi connectivity index (χ1) is 14.5. The van der Waals surface area contributed by atoms with Crippen molar-refractivity contribution in [2.75, 3.05) is 26.7 Å². The van der Waals surface area contributed by atoms with Crippen LogP contribution < -0.4 is 9.47 Å². The zero-order valence-electron chi connectivity index (χ0n) is 17.3. The van der Waals surface area contributed by atoms with Crippen LogP contribution in [0, 0.1) is 12.8 Å². The number of amides is 1. The van der Waals surface area contributed by atoms with Crippen molar-refractivity contribution in [1.82, 2.24) is 20.1 Å². The molecule has 2 aliphatic rings. The van der Waals surface area contributed by atoms with E-state index in [0.29, 0.717) is 23.2 Å². The van der Waals surface area contributed by atoms with E-state index in [0.717, 1.165) is 43.8 Å². The van der Waals surface area contributed by atoms with Gasteiger partial charge < -0.3 is 14.4 Å². The van der Waals surface area contributed by atoms with Crippen LogP contribution in [0.3, 0.4) is 0 Å². The topological polar surface area (TPSA) is 80.9 Å². The van der Waals surface area contributed by atoms with E-state index in [-0.39, 0.29) is 12.0 Å². The van der Waals surface area contributed by atoms with Crippen molar-refractivity contribution in [1.29, 1.82) is 0 Å². The van der Waals surface area contributed by atoms with E-state index in [1.165, 1.54) is 12.8 Å². The fourth-order valence-electron chi connectivity index (χ4n) is 3.99. The van der Waals surface area contributed by atoms with Crippen LogP contribution in [0.2, 0.25) is 5.02 Å².